The molecule has 0 aliphatic heterocycles. The van der Waals surface area contributed by atoms with Crippen molar-refractivity contribution in [1.82, 2.24) is 0 Å². The number of alkyl halides is 3. The summed E-state index contributed by atoms with van der Waals surface area (Å²) < 4.78 is 49.3. The first-order valence-corrected chi connectivity index (χ1v) is 16.3. The summed E-state index contributed by atoms with van der Waals surface area (Å²) in [4.78, 5) is 0. The molecule has 2 aromatic carbocycles. The maximum absolute atomic E-state index is 14.9. The Balaban J connectivity index is 1.22. The smallest absolute Gasteiger partial charge is 0.313 e. The molecule has 1 nitrogen and oxygen atoms in total. The molecule has 0 N–H and O–H groups in total. The van der Waals surface area contributed by atoms with Gasteiger partial charge in [0.2, 0.25) is 6.17 Å². The van der Waals surface area contributed by atoms with Gasteiger partial charge >= 0.3 is 6.11 Å². The van der Waals surface area contributed by atoms with Crippen LogP contribution in [0.2, 0.25) is 0 Å². The van der Waals surface area contributed by atoms with Crippen LogP contribution in [-0.4, -0.2) is 6.11 Å². The van der Waals surface area contributed by atoms with E-state index >= 15 is 0 Å². The summed E-state index contributed by atoms with van der Waals surface area (Å²) in [5.74, 6) is 2.60. The molecule has 1 unspecified atom stereocenters. The summed E-state index contributed by atoms with van der Waals surface area (Å²) in [6.07, 6.45) is 15.2. The molecule has 2 aromatic rings. The lowest BCUT2D eigenvalue weighted by molar-refractivity contribution is -0.282. The van der Waals surface area contributed by atoms with E-state index in [4.69, 9.17) is 4.74 Å². The first kappa shape index (κ1) is 31.9. The van der Waals surface area contributed by atoms with Crippen molar-refractivity contribution in [2.75, 3.05) is 0 Å². The van der Waals surface area contributed by atoms with Gasteiger partial charge < -0.3 is 4.74 Å². The van der Waals surface area contributed by atoms with E-state index in [0.29, 0.717) is 17.4 Å². The SMILES string of the molecule is CC=CCCC1CCC(c2ccc(COC(F)(F)C(F)c3ccc(C4CCC(CCCCC)CC4)cc3)cc2)CC1. The predicted molar refractivity (Wildman–Crippen MR) is 164 cm³/mol. The molecule has 4 heteroatoms. The average molecular weight is 569 g/mol. The van der Waals surface area contributed by atoms with Crippen molar-refractivity contribution in [3.8, 4) is 0 Å². The van der Waals surface area contributed by atoms with E-state index in [9.17, 15) is 13.2 Å². The third-order valence-corrected chi connectivity index (χ3v) is 9.76. The third-order valence-electron chi connectivity index (χ3n) is 9.76. The van der Waals surface area contributed by atoms with Gasteiger partial charge in [0.05, 0.1) is 6.61 Å². The highest BCUT2D eigenvalue weighted by molar-refractivity contribution is 5.28. The molecule has 0 amide bonds. The maximum Gasteiger partial charge on any atom is 0.391 e. The number of benzene rings is 2. The summed E-state index contributed by atoms with van der Waals surface area (Å²) in [7, 11) is 0. The van der Waals surface area contributed by atoms with Crippen molar-refractivity contribution in [3.05, 3.63) is 82.9 Å². The second-order valence-corrected chi connectivity index (χ2v) is 12.7. The van der Waals surface area contributed by atoms with Crippen LogP contribution >= 0.6 is 0 Å². The van der Waals surface area contributed by atoms with Crippen LogP contribution < -0.4 is 0 Å². The fourth-order valence-electron chi connectivity index (χ4n) is 7.02. The van der Waals surface area contributed by atoms with Crippen LogP contribution in [0.15, 0.2) is 60.7 Å². The summed E-state index contributed by atoms with van der Waals surface area (Å²) in [5.41, 5.74) is 3.02. The van der Waals surface area contributed by atoms with Gasteiger partial charge in [0.25, 0.3) is 0 Å². The molecule has 0 radical (unpaired) electrons. The average Bonchev–Trinajstić information content (AvgIpc) is 3.01. The zero-order valence-corrected chi connectivity index (χ0v) is 25.3. The summed E-state index contributed by atoms with van der Waals surface area (Å²) in [6.45, 7) is 3.99. The number of hydrogen-bond donors (Lipinski definition) is 0. The minimum atomic E-state index is -3.89. The fourth-order valence-corrected chi connectivity index (χ4v) is 7.02. The Labute approximate surface area is 247 Å². The topological polar surface area (TPSA) is 9.23 Å². The number of unbranched alkanes of at least 4 members (excludes halogenated alkanes) is 2. The van der Waals surface area contributed by atoms with Crippen LogP contribution in [0.5, 0.6) is 0 Å². The molecule has 0 aromatic heterocycles. The second-order valence-electron chi connectivity index (χ2n) is 12.7. The number of allylic oxidation sites excluding steroid dienone is 2. The van der Waals surface area contributed by atoms with Gasteiger partial charge in [-0.1, -0.05) is 93.3 Å². The van der Waals surface area contributed by atoms with Gasteiger partial charge in [0.1, 0.15) is 0 Å². The Hall–Kier alpha value is -2.07. The van der Waals surface area contributed by atoms with E-state index in [0.717, 1.165) is 36.7 Å². The first-order valence-electron chi connectivity index (χ1n) is 16.3. The van der Waals surface area contributed by atoms with Gasteiger partial charge in [0.15, 0.2) is 0 Å². The van der Waals surface area contributed by atoms with Gasteiger partial charge in [-0.05, 0) is 117 Å². The van der Waals surface area contributed by atoms with Crippen molar-refractivity contribution in [3.63, 3.8) is 0 Å². The summed E-state index contributed by atoms with van der Waals surface area (Å²) >= 11 is 0. The van der Waals surface area contributed by atoms with Crippen molar-refractivity contribution < 1.29 is 17.9 Å². The van der Waals surface area contributed by atoms with E-state index in [2.05, 4.69) is 26.0 Å². The number of hydrogen-bond acceptors (Lipinski definition) is 1. The van der Waals surface area contributed by atoms with Gasteiger partial charge in [-0.15, -0.1) is 0 Å². The zero-order valence-electron chi connectivity index (χ0n) is 25.3. The molecule has 0 heterocycles. The number of ether oxygens (including phenoxy) is 1. The molecule has 1 atom stereocenters. The lowest BCUT2D eigenvalue weighted by Gasteiger charge is -2.29. The highest BCUT2D eigenvalue weighted by Gasteiger charge is 2.43. The highest BCUT2D eigenvalue weighted by atomic mass is 19.3. The van der Waals surface area contributed by atoms with Crippen molar-refractivity contribution in [2.24, 2.45) is 11.8 Å². The Morgan fingerprint density at radius 2 is 1.32 bits per heavy atom. The monoisotopic (exact) mass is 568 g/mol. The number of halogens is 3. The minimum Gasteiger partial charge on any atom is -0.313 e. The quantitative estimate of drug-likeness (QED) is 0.163. The lowest BCUT2D eigenvalue weighted by Crippen LogP contribution is -2.27. The van der Waals surface area contributed by atoms with E-state index in [1.165, 1.54) is 88.3 Å². The van der Waals surface area contributed by atoms with Crippen LogP contribution in [0, 0.1) is 11.8 Å². The normalized spacial score (nSPS) is 24.5. The van der Waals surface area contributed by atoms with E-state index in [1.54, 1.807) is 0 Å². The highest BCUT2D eigenvalue weighted by Crippen LogP contribution is 2.41. The Morgan fingerprint density at radius 3 is 1.85 bits per heavy atom. The molecular formula is C37H51F3O. The van der Waals surface area contributed by atoms with Gasteiger partial charge in [0, 0.05) is 0 Å². The molecule has 226 valence electrons. The van der Waals surface area contributed by atoms with Crippen LogP contribution in [0.4, 0.5) is 13.2 Å². The molecule has 2 fully saturated rings. The third kappa shape index (κ3) is 9.46. The molecule has 2 aliphatic carbocycles. The van der Waals surface area contributed by atoms with Gasteiger partial charge in [-0.25, -0.2) is 4.39 Å². The standard InChI is InChI=1S/C37H51F3O/c1-3-5-7-9-28-11-17-31(18-12-28)33-21-15-30(16-22-33)27-41-37(39,40)36(38)35-25-23-34(24-26-35)32-19-13-29(14-20-32)10-8-6-4-2/h3,5,15-16,21-26,28-29,31-32,36H,4,6-14,17-20,27H2,1-2H3. The molecular weight excluding hydrogens is 517 g/mol. The Morgan fingerprint density at radius 1 is 0.780 bits per heavy atom. The zero-order chi connectivity index (χ0) is 29.1. The molecule has 0 saturated heterocycles. The minimum absolute atomic E-state index is 0.0244. The van der Waals surface area contributed by atoms with Gasteiger partial charge in [-0.3, -0.25) is 0 Å². The maximum atomic E-state index is 14.9. The molecule has 0 spiro atoms. The molecule has 0 bridgehead atoms. The van der Waals surface area contributed by atoms with Crippen molar-refractivity contribution in [2.45, 2.75) is 134 Å². The largest absolute Gasteiger partial charge is 0.391 e. The van der Waals surface area contributed by atoms with Crippen LogP contribution in [-0.2, 0) is 11.3 Å². The van der Waals surface area contributed by atoms with E-state index in [-0.39, 0.29) is 12.2 Å². The Bertz CT molecular complexity index is 1030. The predicted octanol–water partition coefficient (Wildman–Crippen LogP) is 12.0. The fraction of sp³-hybridized carbons (Fsp3) is 0.622. The molecule has 4 rings (SSSR count). The van der Waals surface area contributed by atoms with Crippen LogP contribution in [0.3, 0.4) is 0 Å². The molecule has 2 aliphatic rings. The number of rotatable bonds is 14. The van der Waals surface area contributed by atoms with E-state index in [1.807, 2.05) is 36.4 Å². The van der Waals surface area contributed by atoms with Crippen LogP contribution in [0.25, 0.3) is 0 Å². The van der Waals surface area contributed by atoms with E-state index < -0.39 is 12.3 Å². The molecule has 41 heavy (non-hydrogen) atoms. The summed E-state index contributed by atoms with van der Waals surface area (Å²) in [5, 5.41) is 0. The first-order chi connectivity index (χ1) is 19.9. The second kappa shape index (κ2) is 16.0. The van der Waals surface area contributed by atoms with Crippen molar-refractivity contribution >= 4 is 0 Å². The van der Waals surface area contributed by atoms with Gasteiger partial charge in [-0.2, -0.15) is 8.78 Å². The molecule has 2 saturated carbocycles. The van der Waals surface area contributed by atoms with Crippen molar-refractivity contribution in [1.29, 1.82) is 0 Å². The Kier molecular flexibility index (Phi) is 12.4. The lowest BCUT2D eigenvalue weighted by atomic mass is 9.77. The van der Waals surface area contributed by atoms with Crippen LogP contribution in [0.1, 0.15) is 144 Å². The summed E-state index contributed by atoms with van der Waals surface area (Å²) in [6, 6.07) is 14.5.